The molecule has 0 saturated carbocycles. The zero-order chi connectivity index (χ0) is 23.8. The van der Waals surface area contributed by atoms with E-state index >= 15 is 0 Å². The molecule has 0 bridgehead atoms. The van der Waals surface area contributed by atoms with Crippen LogP contribution in [0.5, 0.6) is 11.5 Å². The highest BCUT2D eigenvalue weighted by molar-refractivity contribution is 5.98. The predicted molar refractivity (Wildman–Crippen MR) is 113 cm³/mol. The minimum Gasteiger partial charge on any atom is -0.457 e. The van der Waals surface area contributed by atoms with Crippen molar-refractivity contribution in [2.75, 3.05) is 18.4 Å². The fraction of sp³-hybridized carbons (Fsp3) is 0.0870. The lowest BCUT2D eigenvalue weighted by Gasteiger charge is -2.09. The van der Waals surface area contributed by atoms with Crippen LogP contribution < -0.4 is 20.7 Å². The van der Waals surface area contributed by atoms with Gasteiger partial charge in [-0.25, -0.2) is 13.2 Å². The van der Waals surface area contributed by atoms with Crippen molar-refractivity contribution >= 4 is 23.4 Å². The number of carbonyl (C=O) groups is 3. The topological polar surface area (TPSA) is 96.5 Å². The van der Waals surface area contributed by atoms with E-state index in [1.807, 2.05) is 23.5 Å². The lowest BCUT2D eigenvalue weighted by atomic mass is 10.2. The standard InChI is InChI=1S/C23H18F3N3O4/c24-17-10-11-18(22(26)21(17)25)29-20(31)13-27-19(30)12-28-23(32)14-6-8-16(9-7-14)33-15-4-2-1-3-5-15/h1-11H,12-13H2,(H,27,30)(H,28,32)(H,29,31). The van der Waals surface area contributed by atoms with Gasteiger partial charge in [0.1, 0.15) is 11.5 Å². The molecule has 7 nitrogen and oxygen atoms in total. The average Bonchev–Trinajstić information content (AvgIpc) is 2.82. The molecule has 0 fully saturated rings. The van der Waals surface area contributed by atoms with E-state index in [0.29, 0.717) is 17.6 Å². The summed E-state index contributed by atoms with van der Waals surface area (Å²) in [6.45, 7) is -0.993. The first-order chi connectivity index (χ1) is 15.8. The number of nitrogens with one attached hydrogen (secondary N) is 3. The van der Waals surface area contributed by atoms with Gasteiger partial charge < -0.3 is 20.7 Å². The van der Waals surface area contributed by atoms with Gasteiger partial charge in [-0.3, -0.25) is 14.4 Å². The van der Waals surface area contributed by atoms with E-state index in [1.54, 1.807) is 24.3 Å². The second-order valence-corrected chi connectivity index (χ2v) is 6.67. The Morgan fingerprint density at radius 2 is 1.33 bits per heavy atom. The number of halogens is 3. The molecule has 3 aromatic rings. The number of para-hydroxylation sites is 1. The molecule has 0 heterocycles. The van der Waals surface area contributed by atoms with E-state index in [1.165, 1.54) is 12.1 Å². The summed E-state index contributed by atoms with van der Waals surface area (Å²) >= 11 is 0. The largest absolute Gasteiger partial charge is 0.457 e. The summed E-state index contributed by atoms with van der Waals surface area (Å²) in [7, 11) is 0. The highest BCUT2D eigenvalue weighted by atomic mass is 19.2. The van der Waals surface area contributed by atoms with Gasteiger partial charge in [0.2, 0.25) is 11.8 Å². The first kappa shape index (κ1) is 23.3. The molecule has 10 heteroatoms. The summed E-state index contributed by atoms with van der Waals surface area (Å²) in [4.78, 5) is 35.8. The summed E-state index contributed by atoms with van der Waals surface area (Å²) < 4.78 is 45.3. The van der Waals surface area contributed by atoms with Gasteiger partial charge in [-0.15, -0.1) is 0 Å². The molecule has 0 aliphatic heterocycles. The second kappa shape index (κ2) is 10.8. The molecule has 0 radical (unpaired) electrons. The van der Waals surface area contributed by atoms with E-state index in [0.717, 1.165) is 6.07 Å². The number of rotatable bonds is 8. The van der Waals surface area contributed by atoms with Crippen LogP contribution in [0.4, 0.5) is 18.9 Å². The molecular weight excluding hydrogens is 439 g/mol. The molecular formula is C23H18F3N3O4. The number of benzene rings is 3. The third-order valence-corrected chi connectivity index (χ3v) is 4.26. The first-order valence-corrected chi connectivity index (χ1v) is 9.64. The minimum absolute atomic E-state index is 0.287. The van der Waals surface area contributed by atoms with E-state index in [9.17, 15) is 27.6 Å². The van der Waals surface area contributed by atoms with Gasteiger partial charge in [-0.2, -0.15) is 0 Å². The molecule has 0 aromatic heterocycles. The molecule has 3 amide bonds. The molecule has 0 unspecified atom stereocenters. The number of hydrogen-bond acceptors (Lipinski definition) is 4. The summed E-state index contributed by atoms with van der Waals surface area (Å²) in [5, 5.41) is 6.62. The Kier molecular flexibility index (Phi) is 7.64. The smallest absolute Gasteiger partial charge is 0.251 e. The van der Waals surface area contributed by atoms with Gasteiger partial charge in [0.05, 0.1) is 18.8 Å². The third kappa shape index (κ3) is 6.57. The predicted octanol–water partition coefficient (Wildman–Crippen LogP) is 3.38. The number of ether oxygens (including phenoxy) is 1. The van der Waals surface area contributed by atoms with Crippen LogP contribution in [0.1, 0.15) is 10.4 Å². The Balaban J connectivity index is 1.42. The molecule has 3 aromatic carbocycles. The quantitative estimate of drug-likeness (QED) is 0.452. The highest BCUT2D eigenvalue weighted by Gasteiger charge is 2.16. The van der Waals surface area contributed by atoms with Crippen molar-refractivity contribution in [3.8, 4) is 11.5 Å². The van der Waals surface area contributed by atoms with Crippen molar-refractivity contribution < 1.29 is 32.3 Å². The van der Waals surface area contributed by atoms with Gasteiger partial charge in [-0.05, 0) is 48.5 Å². The van der Waals surface area contributed by atoms with E-state index in [-0.39, 0.29) is 5.56 Å². The Morgan fingerprint density at radius 3 is 2.03 bits per heavy atom. The van der Waals surface area contributed by atoms with Crippen LogP contribution >= 0.6 is 0 Å². The Morgan fingerprint density at radius 1 is 0.697 bits per heavy atom. The van der Waals surface area contributed by atoms with Crippen LogP contribution in [0, 0.1) is 17.5 Å². The van der Waals surface area contributed by atoms with Crippen LogP contribution in [-0.2, 0) is 9.59 Å². The average molecular weight is 457 g/mol. The van der Waals surface area contributed by atoms with Gasteiger partial charge in [0, 0.05) is 5.56 Å². The molecule has 0 spiro atoms. The molecule has 0 atom stereocenters. The first-order valence-electron chi connectivity index (χ1n) is 9.64. The normalized spacial score (nSPS) is 10.3. The van der Waals surface area contributed by atoms with Gasteiger partial charge in [-0.1, -0.05) is 18.2 Å². The lowest BCUT2D eigenvalue weighted by molar-refractivity contribution is -0.123. The van der Waals surface area contributed by atoms with E-state index < -0.39 is 54.0 Å². The molecule has 33 heavy (non-hydrogen) atoms. The number of carbonyl (C=O) groups excluding carboxylic acids is 3. The summed E-state index contributed by atoms with van der Waals surface area (Å²) in [6, 6.07) is 16.8. The van der Waals surface area contributed by atoms with Crippen LogP contribution in [-0.4, -0.2) is 30.8 Å². The maximum absolute atomic E-state index is 13.6. The van der Waals surface area contributed by atoms with Gasteiger partial charge in [0.15, 0.2) is 17.5 Å². The van der Waals surface area contributed by atoms with Crippen LogP contribution in [0.25, 0.3) is 0 Å². The van der Waals surface area contributed by atoms with Crippen LogP contribution in [0.3, 0.4) is 0 Å². The van der Waals surface area contributed by atoms with E-state index in [2.05, 4.69) is 10.6 Å². The third-order valence-electron chi connectivity index (χ3n) is 4.26. The van der Waals surface area contributed by atoms with Crippen molar-refractivity contribution in [1.29, 1.82) is 0 Å². The van der Waals surface area contributed by atoms with E-state index in [4.69, 9.17) is 4.74 Å². The summed E-state index contributed by atoms with van der Waals surface area (Å²) in [5.74, 6) is -5.58. The van der Waals surface area contributed by atoms with Crippen LogP contribution in [0.2, 0.25) is 0 Å². The maximum Gasteiger partial charge on any atom is 0.251 e. The highest BCUT2D eigenvalue weighted by Crippen LogP contribution is 2.21. The van der Waals surface area contributed by atoms with Crippen molar-refractivity contribution in [1.82, 2.24) is 10.6 Å². The lowest BCUT2D eigenvalue weighted by Crippen LogP contribution is -2.40. The monoisotopic (exact) mass is 457 g/mol. The molecule has 3 rings (SSSR count). The number of amides is 3. The Labute approximate surface area is 186 Å². The Hall–Kier alpha value is -4.34. The van der Waals surface area contributed by atoms with Crippen molar-refractivity contribution in [3.63, 3.8) is 0 Å². The Bertz CT molecular complexity index is 1160. The summed E-state index contributed by atoms with van der Waals surface area (Å²) in [6.07, 6.45) is 0. The minimum atomic E-state index is -1.72. The second-order valence-electron chi connectivity index (χ2n) is 6.67. The van der Waals surface area contributed by atoms with Crippen molar-refractivity contribution in [3.05, 3.63) is 89.7 Å². The molecule has 170 valence electrons. The van der Waals surface area contributed by atoms with Gasteiger partial charge >= 0.3 is 0 Å². The maximum atomic E-state index is 13.6. The van der Waals surface area contributed by atoms with Crippen molar-refractivity contribution in [2.24, 2.45) is 0 Å². The molecule has 0 aliphatic carbocycles. The SMILES string of the molecule is O=C(CNC(=O)c1ccc(Oc2ccccc2)cc1)NCC(=O)Nc1ccc(F)c(F)c1F. The molecule has 0 aliphatic rings. The van der Waals surface area contributed by atoms with Crippen molar-refractivity contribution in [2.45, 2.75) is 0 Å². The fourth-order valence-electron chi connectivity index (χ4n) is 2.62. The summed E-state index contributed by atoms with van der Waals surface area (Å²) in [5.41, 5.74) is -0.282. The molecule has 0 saturated heterocycles. The fourth-order valence-corrected chi connectivity index (χ4v) is 2.62. The number of anilines is 1. The van der Waals surface area contributed by atoms with Gasteiger partial charge in [0.25, 0.3) is 5.91 Å². The zero-order valence-electron chi connectivity index (χ0n) is 17.0. The van der Waals surface area contributed by atoms with Crippen LogP contribution in [0.15, 0.2) is 66.7 Å². The molecule has 3 N–H and O–H groups in total. The number of hydrogen-bond donors (Lipinski definition) is 3. The zero-order valence-corrected chi connectivity index (χ0v) is 17.0.